The van der Waals surface area contributed by atoms with Crippen LogP contribution in [0.15, 0.2) is 53.4 Å². The Morgan fingerprint density at radius 2 is 1.79 bits per heavy atom. The van der Waals surface area contributed by atoms with Crippen molar-refractivity contribution < 1.29 is 13.2 Å². The minimum absolute atomic E-state index is 0.190. The van der Waals surface area contributed by atoms with Gasteiger partial charge in [0.15, 0.2) is 0 Å². The molecule has 0 bridgehead atoms. The van der Waals surface area contributed by atoms with Crippen molar-refractivity contribution in [3.63, 3.8) is 0 Å². The number of anilines is 2. The second-order valence-corrected chi connectivity index (χ2v) is 7.89. The number of sulfonamides is 1. The fraction of sp³-hybridized carbons (Fsp3) is 0.278. The number of hydrogen-bond acceptors (Lipinski definition) is 3. The SMILES string of the molecule is CC(=O)Nc1ccc(S(=O)(=O)N2CCC(C)c3ccccc32)cc1. The van der Waals surface area contributed by atoms with Crippen molar-refractivity contribution in [1.29, 1.82) is 0 Å². The third kappa shape index (κ3) is 3.01. The van der Waals surface area contributed by atoms with Crippen LogP contribution in [0, 0.1) is 0 Å². The zero-order valence-electron chi connectivity index (χ0n) is 13.7. The van der Waals surface area contributed by atoms with Crippen LogP contribution in [0.5, 0.6) is 0 Å². The molecule has 6 heteroatoms. The summed E-state index contributed by atoms with van der Waals surface area (Å²) in [6, 6.07) is 13.9. The number of nitrogens with zero attached hydrogens (tertiary/aromatic N) is 1. The second-order valence-electron chi connectivity index (χ2n) is 6.03. The van der Waals surface area contributed by atoms with E-state index in [9.17, 15) is 13.2 Å². The molecular formula is C18H20N2O3S. The predicted molar refractivity (Wildman–Crippen MR) is 94.8 cm³/mol. The van der Waals surface area contributed by atoms with Crippen LogP contribution >= 0.6 is 0 Å². The maximum atomic E-state index is 13.0. The van der Waals surface area contributed by atoms with Gasteiger partial charge in [-0.1, -0.05) is 25.1 Å². The van der Waals surface area contributed by atoms with Gasteiger partial charge in [-0.3, -0.25) is 9.10 Å². The summed E-state index contributed by atoms with van der Waals surface area (Å²) < 4.78 is 27.5. The van der Waals surface area contributed by atoms with Crippen molar-refractivity contribution in [3.05, 3.63) is 54.1 Å². The molecule has 2 aromatic carbocycles. The molecule has 1 atom stereocenters. The van der Waals surface area contributed by atoms with Gasteiger partial charge in [0.25, 0.3) is 10.0 Å². The van der Waals surface area contributed by atoms with Gasteiger partial charge in [-0.25, -0.2) is 8.42 Å². The molecule has 0 saturated heterocycles. The molecule has 2 aromatic rings. The van der Waals surface area contributed by atoms with Crippen LogP contribution in [0.25, 0.3) is 0 Å². The molecule has 0 aromatic heterocycles. The summed E-state index contributed by atoms with van der Waals surface area (Å²) in [6.07, 6.45) is 0.792. The van der Waals surface area contributed by atoms with Crippen LogP contribution in [0.3, 0.4) is 0 Å². The van der Waals surface area contributed by atoms with E-state index >= 15 is 0 Å². The Hall–Kier alpha value is -2.34. The number of rotatable bonds is 3. The Balaban J connectivity index is 1.97. The molecule has 0 fully saturated rings. The monoisotopic (exact) mass is 344 g/mol. The van der Waals surface area contributed by atoms with E-state index in [1.54, 1.807) is 12.1 Å². The van der Waals surface area contributed by atoms with Gasteiger partial charge in [-0.15, -0.1) is 0 Å². The average Bonchev–Trinajstić information content (AvgIpc) is 2.55. The number of fused-ring (bicyclic) bond motifs is 1. The molecule has 126 valence electrons. The van der Waals surface area contributed by atoms with Crippen molar-refractivity contribution in [2.24, 2.45) is 0 Å². The number of para-hydroxylation sites is 1. The van der Waals surface area contributed by atoms with Crippen LogP contribution in [0.4, 0.5) is 11.4 Å². The molecule has 0 saturated carbocycles. The lowest BCUT2D eigenvalue weighted by atomic mass is 9.93. The van der Waals surface area contributed by atoms with E-state index in [-0.39, 0.29) is 10.8 Å². The first kappa shape index (κ1) is 16.5. The van der Waals surface area contributed by atoms with E-state index in [0.29, 0.717) is 18.2 Å². The molecular weight excluding hydrogens is 324 g/mol. The summed E-state index contributed by atoms with van der Waals surface area (Å²) in [6.45, 7) is 4.00. The molecule has 1 N–H and O–H groups in total. The lowest BCUT2D eigenvalue weighted by Crippen LogP contribution is -2.36. The van der Waals surface area contributed by atoms with Crippen molar-refractivity contribution >= 4 is 27.3 Å². The summed E-state index contributed by atoms with van der Waals surface area (Å²) >= 11 is 0. The van der Waals surface area contributed by atoms with E-state index in [4.69, 9.17) is 0 Å². The Kier molecular flexibility index (Phi) is 4.32. The molecule has 1 amide bonds. The van der Waals surface area contributed by atoms with E-state index in [2.05, 4.69) is 12.2 Å². The number of nitrogens with one attached hydrogen (secondary N) is 1. The number of amides is 1. The zero-order valence-corrected chi connectivity index (χ0v) is 14.5. The van der Waals surface area contributed by atoms with Gasteiger partial charge in [-0.05, 0) is 48.2 Å². The number of carbonyl (C=O) groups is 1. The first-order valence-electron chi connectivity index (χ1n) is 7.89. The highest BCUT2D eigenvalue weighted by atomic mass is 32.2. The maximum Gasteiger partial charge on any atom is 0.264 e. The molecule has 5 nitrogen and oxygen atoms in total. The van der Waals surface area contributed by atoms with E-state index in [1.807, 2.05) is 24.3 Å². The summed E-state index contributed by atoms with van der Waals surface area (Å²) in [4.78, 5) is 11.3. The minimum Gasteiger partial charge on any atom is -0.326 e. The number of carbonyl (C=O) groups excluding carboxylic acids is 1. The van der Waals surface area contributed by atoms with Crippen LogP contribution in [-0.2, 0) is 14.8 Å². The fourth-order valence-electron chi connectivity index (χ4n) is 3.01. The third-order valence-electron chi connectivity index (χ3n) is 4.26. The van der Waals surface area contributed by atoms with Gasteiger partial charge in [-0.2, -0.15) is 0 Å². The van der Waals surface area contributed by atoms with E-state index in [0.717, 1.165) is 17.7 Å². The first-order chi connectivity index (χ1) is 11.4. The highest BCUT2D eigenvalue weighted by molar-refractivity contribution is 7.92. The molecule has 0 aliphatic carbocycles. The van der Waals surface area contributed by atoms with Gasteiger partial charge in [0.1, 0.15) is 0 Å². The second kappa shape index (κ2) is 6.28. The summed E-state index contributed by atoms with van der Waals surface area (Å²) in [5, 5.41) is 2.64. The van der Waals surface area contributed by atoms with Crippen molar-refractivity contribution in [2.75, 3.05) is 16.2 Å². The third-order valence-corrected chi connectivity index (χ3v) is 6.09. The Morgan fingerprint density at radius 1 is 1.12 bits per heavy atom. The highest BCUT2D eigenvalue weighted by Gasteiger charge is 2.31. The van der Waals surface area contributed by atoms with Crippen molar-refractivity contribution in [3.8, 4) is 0 Å². The normalized spacial score (nSPS) is 17.2. The molecule has 1 heterocycles. The predicted octanol–water partition coefficient (Wildman–Crippen LogP) is 3.35. The van der Waals surface area contributed by atoms with Crippen LogP contribution in [0.2, 0.25) is 0 Å². The zero-order chi connectivity index (χ0) is 17.3. The summed E-state index contributed by atoms with van der Waals surface area (Å²) in [7, 11) is -3.62. The van der Waals surface area contributed by atoms with E-state index < -0.39 is 10.0 Å². The molecule has 0 spiro atoms. The van der Waals surface area contributed by atoms with Gasteiger partial charge >= 0.3 is 0 Å². The Labute approximate surface area is 142 Å². The first-order valence-corrected chi connectivity index (χ1v) is 9.33. The van der Waals surface area contributed by atoms with Gasteiger partial charge in [0.05, 0.1) is 10.6 Å². The average molecular weight is 344 g/mol. The molecule has 1 aliphatic rings. The highest BCUT2D eigenvalue weighted by Crippen LogP contribution is 2.37. The van der Waals surface area contributed by atoms with Crippen LogP contribution < -0.4 is 9.62 Å². The number of benzene rings is 2. The van der Waals surface area contributed by atoms with Crippen LogP contribution in [-0.4, -0.2) is 20.9 Å². The van der Waals surface area contributed by atoms with Crippen molar-refractivity contribution in [2.45, 2.75) is 31.1 Å². The van der Waals surface area contributed by atoms with Gasteiger partial charge < -0.3 is 5.32 Å². The lowest BCUT2D eigenvalue weighted by Gasteiger charge is -2.33. The largest absolute Gasteiger partial charge is 0.326 e. The standard InChI is InChI=1S/C18H20N2O3S/c1-13-11-12-20(18-6-4-3-5-17(13)18)24(22,23)16-9-7-15(8-10-16)19-14(2)21/h3-10,13H,11-12H2,1-2H3,(H,19,21). The van der Waals surface area contributed by atoms with Gasteiger partial charge in [0, 0.05) is 19.2 Å². The van der Waals surface area contributed by atoms with Crippen molar-refractivity contribution in [1.82, 2.24) is 0 Å². The van der Waals surface area contributed by atoms with Crippen LogP contribution in [0.1, 0.15) is 31.7 Å². The smallest absolute Gasteiger partial charge is 0.264 e. The Morgan fingerprint density at radius 3 is 2.46 bits per heavy atom. The topological polar surface area (TPSA) is 66.5 Å². The quantitative estimate of drug-likeness (QED) is 0.928. The lowest BCUT2D eigenvalue weighted by molar-refractivity contribution is -0.114. The minimum atomic E-state index is -3.62. The molecule has 24 heavy (non-hydrogen) atoms. The summed E-state index contributed by atoms with van der Waals surface area (Å²) in [5.74, 6) is 0.152. The molecule has 3 rings (SSSR count). The Bertz CT molecular complexity index is 860. The molecule has 1 aliphatic heterocycles. The van der Waals surface area contributed by atoms with Gasteiger partial charge in [0.2, 0.25) is 5.91 Å². The molecule has 0 radical (unpaired) electrons. The number of hydrogen-bond donors (Lipinski definition) is 1. The summed E-state index contributed by atoms with van der Waals surface area (Å²) in [5.41, 5.74) is 2.39. The fourth-order valence-corrected chi connectivity index (χ4v) is 4.51. The van der Waals surface area contributed by atoms with E-state index in [1.165, 1.54) is 23.4 Å². The maximum absolute atomic E-state index is 13.0. The molecule has 1 unspecified atom stereocenters.